The van der Waals surface area contributed by atoms with Crippen molar-refractivity contribution in [3.8, 4) is 17.3 Å². The van der Waals surface area contributed by atoms with Crippen LogP contribution in [0.2, 0.25) is 0 Å². The van der Waals surface area contributed by atoms with E-state index in [4.69, 9.17) is 15.0 Å². The van der Waals surface area contributed by atoms with E-state index in [0.717, 1.165) is 59.3 Å². The molecule has 268 valence electrons. The Morgan fingerprint density at radius 3 is 2.06 bits per heavy atom. The first-order valence-corrected chi connectivity index (χ1v) is 19.8. The van der Waals surface area contributed by atoms with Gasteiger partial charge in [0.25, 0.3) is 5.91 Å². The van der Waals surface area contributed by atoms with Crippen LogP contribution in [0.15, 0.2) is 76.8 Å². The first-order chi connectivity index (χ1) is 24.9. The van der Waals surface area contributed by atoms with E-state index in [1.807, 2.05) is 55.5 Å². The normalized spacial score (nSPS) is 14.8. The van der Waals surface area contributed by atoms with Crippen molar-refractivity contribution in [2.45, 2.75) is 105 Å². The lowest BCUT2D eigenvalue weighted by molar-refractivity contribution is 0.0941. The monoisotopic (exact) mass is 703 g/mol. The number of anilines is 1. The van der Waals surface area contributed by atoms with Gasteiger partial charge in [-0.05, 0) is 36.7 Å². The summed E-state index contributed by atoms with van der Waals surface area (Å²) in [5, 5.41) is 16.6. The van der Waals surface area contributed by atoms with Gasteiger partial charge >= 0.3 is 0 Å². The summed E-state index contributed by atoms with van der Waals surface area (Å²) in [6, 6.07) is 22.4. The third-order valence-corrected chi connectivity index (χ3v) is 10.9. The van der Waals surface area contributed by atoms with Gasteiger partial charge in [-0.2, -0.15) is 9.94 Å². The smallest absolute Gasteiger partial charge is 0.291 e. The second kappa shape index (κ2) is 18.7. The zero-order valence-corrected chi connectivity index (χ0v) is 31.9. The molecule has 0 saturated heterocycles. The molecule has 0 aliphatic carbocycles. The Labute approximate surface area is 308 Å². The number of nitriles is 1. The predicted octanol–water partition coefficient (Wildman–Crippen LogP) is 10.6. The van der Waals surface area contributed by atoms with E-state index in [9.17, 15) is 10.1 Å². The number of fused-ring (bicyclic) bond motifs is 1. The first kappa shape index (κ1) is 37.8. The van der Waals surface area contributed by atoms with Gasteiger partial charge in [0.2, 0.25) is 0 Å². The fourth-order valence-corrected chi connectivity index (χ4v) is 7.79. The number of hydrogen-bond donors (Lipinski definition) is 0. The van der Waals surface area contributed by atoms with Crippen molar-refractivity contribution < 1.29 is 4.79 Å². The third kappa shape index (κ3) is 9.28. The molecule has 5 rings (SSSR count). The predicted molar refractivity (Wildman–Crippen MR) is 210 cm³/mol. The van der Waals surface area contributed by atoms with Gasteiger partial charge in [0.15, 0.2) is 16.8 Å². The highest BCUT2D eigenvalue weighted by atomic mass is 32.1. The van der Waals surface area contributed by atoms with Crippen LogP contribution in [0, 0.1) is 23.2 Å². The van der Waals surface area contributed by atoms with Crippen molar-refractivity contribution in [1.82, 2.24) is 19.7 Å². The zero-order chi connectivity index (χ0) is 36.2. The number of carbonyl (C=O) groups excluding carboxylic acids is 1. The number of unbranched alkanes of at least 4 members (excludes halogenated alkanes) is 2. The minimum atomic E-state index is -0.448. The second-order valence-corrected chi connectivity index (χ2v) is 14.6. The maximum Gasteiger partial charge on any atom is 0.291 e. The molecule has 0 bridgehead atoms. The highest BCUT2D eigenvalue weighted by Gasteiger charge is 2.34. The van der Waals surface area contributed by atoms with Crippen LogP contribution in [-0.2, 0) is 6.42 Å². The average molecular weight is 704 g/mol. The summed E-state index contributed by atoms with van der Waals surface area (Å²) < 4.78 is 1.28. The lowest BCUT2D eigenvalue weighted by Crippen LogP contribution is -2.34. The summed E-state index contributed by atoms with van der Waals surface area (Å²) in [7, 11) is 0. The highest BCUT2D eigenvalue weighted by molar-refractivity contribution is 7.19. The molecule has 1 aliphatic heterocycles. The number of aromatic nitrogens is 4. The Morgan fingerprint density at radius 1 is 0.863 bits per heavy atom. The zero-order valence-electron chi connectivity index (χ0n) is 31.1. The number of allylic oxidation sites excluding steroid dienone is 2. The number of aliphatic imine (C=N–C) groups is 1. The van der Waals surface area contributed by atoms with E-state index in [-0.39, 0.29) is 5.57 Å². The van der Waals surface area contributed by atoms with Crippen LogP contribution in [0.4, 0.5) is 10.1 Å². The fourth-order valence-electron chi connectivity index (χ4n) is 6.80. The molecule has 0 fully saturated rings. The van der Waals surface area contributed by atoms with Crippen molar-refractivity contribution in [2.24, 2.45) is 16.8 Å². The number of rotatable bonds is 19. The van der Waals surface area contributed by atoms with Gasteiger partial charge in [-0.3, -0.25) is 4.79 Å². The van der Waals surface area contributed by atoms with Crippen molar-refractivity contribution >= 4 is 33.1 Å². The molecule has 2 unspecified atom stereocenters. The quantitative estimate of drug-likeness (QED) is 0.0963. The number of hydrogen-bond acceptors (Lipinski definition) is 8. The van der Waals surface area contributed by atoms with Gasteiger partial charge in [0, 0.05) is 30.6 Å². The summed E-state index contributed by atoms with van der Waals surface area (Å²) in [6.45, 7) is 13.1. The number of thiazole rings is 1. The molecular formula is C42H53N7OS. The van der Waals surface area contributed by atoms with Crippen molar-refractivity contribution in [3.05, 3.63) is 89.0 Å². The van der Waals surface area contributed by atoms with Crippen LogP contribution in [0.1, 0.15) is 121 Å². The molecule has 0 spiro atoms. The maximum absolute atomic E-state index is 13.7. The van der Waals surface area contributed by atoms with E-state index >= 15 is 0 Å². The van der Waals surface area contributed by atoms with Crippen LogP contribution in [0.3, 0.4) is 0 Å². The Bertz CT molecular complexity index is 1820. The van der Waals surface area contributed by atoms with E-state index in [1.165, 1.54) is 43.2 Å². The minimum Gasteiger partial charge on any atom is -0.347 e. The van der Waals surface area contributed by atoms with E-state index in [1.54, 1.807) is 11.3 Å². The Balaban J connectivity index is 1.67. The molecule has 9 heteroatoms. The van der Waals surface area contributed by atoms with Gasteiger partial charge in [0.1, 0.15) is 28.0 Å². The van der Waals surface area contributed by atoms with Crippen LogP contribution >= 0.6 is 11.3 Å². The van der Waals surface area contributed by atoms with Gasteiger partial charge in [-0.25, -0.2) is 15.0 Å². The molecule has 8 nitrogen and oxygen atoms in total. The van der Waals surface area contributed by atoms with Crippen molar-refractivity contribution in [2.75, 3.05) is 18.0 Å². The largest absolute Gasteiger partial charge is 0.347 e. The van der Waals surface area contributed by atoms with Gasteiger partial charge in [-0.15, -0.1) is 5.10 Å². The molecule has 3 heterocycles. The summed E-state index contributed by atoms with van der Waals surface area (Å²) in [6.07, 6.45) is 11.3. The van der Waals surface area contributed by atoms with E-state index in [0.29, 0.717) is 47.6 Å². The molecule has 51 heavy (non-hydrogen) atoms. The third-order valence-electron chi connectivity index (χ3n) is 9.85. The maximum atomic E-state index is 13.7. The van der Waals surface area contributed by atoms with E-state index in [2.05, 4.69) is 55.9 Å². The average Bonchev–Trinajstić information content (AvgIpc) is 3.78. The standard InChI is InChI=1S/C42H53N7OS/c1-6-11-20-30(9-4)28-48(29-31(10-5)21-12-7-2)42-46-37(33-24-17-14-18-25-33)40(51-42)45-38-34(19-8-3)35(27-43)41(50)49-39(38)44-36(47-49)26-32-22-15-13-16-23-32/h13-18,22-25,30-31H,6-12,19-21,26,28-29H2,1-5H3/b45-38-. The Morgan fingerprint density at radius 2 is 1.49 bits per heavy atom. The van der Waals surface area contributed by atoms with Gasteiger partial charge in [-0.1, -0.05) is 152 Å². The number of carbonyl (C=O) groups is 1. The van der Waals surface area contributed by atoms with Crippen LogP contribution < -0.4 is 4.90 Å². The summed E-state index contributed by atoms with van der Waals surface area (Å²) in [5.74, 6) is 1.61. The topological polar surface area (TPSA) is 100 Å². The Hall–Kier alpha value is -4.42. The molecule has 2 atom stereocenters. The molecular weight excluding hydrogens is 651 g/mol. The van der Waals surface area contributed by atoms with Gasteiger partial charge < -0.3 is 4.90 Å². The summed E-state index contributed by atoms with van der Waals surface area (Å²) in [4.78, 5) is 31.9. The van der Waals surface area contributed by atoms with Crippen LogP contribution in [-0.4, -0.2) is 44.5 Å². The van der Waals surface area contributed by atoms with Crippen molar-refractivity contribution in [1.29, 1.82) is 5.26 Å². The van der Waals surface area contributed by atoms with Crippen molar-refractivity contribution in [3.63, 3.8) is 0 Å². The molecule has 2 aromatic heterocycles. The van der Waals surface area contributed by atoms with Crippen LogP contribution in [0.25, 0.3) is 11.3 Å². The second-order valence-electron chi connectivity index (χ2n) is 13.7. The molecule has 0 saturated carbocycles. The minimum absolute atomic E-state index is 0.0790. The molecule has 0 amide bonds. The molecule has 2 aromatic carbocycles. The highest BCUT2D eigenvalue weighted by Crippen LogP contribution is 2.42. The molecule has 0 N–H and O–H groups in total. The number of nitrogens with zero attached hydrogens (tertiary/aromatic N) is 7. The lowest BCUT2D eigenvalue weighted by atomic mass is 9.95. The molecule has 0 radical (unpaired) electrons. The Kier molecular flexibility index (Phi) is 13.9. The lowest BCUT2D eigenvalue weighted by Gasteiger charge is -2.30. The van der Waals surface area contributed by atoms with E-state index < -0.39 is 5.91 Å². The molecule has 4 aromatic rings. The first-order valence-electron chi connectivity index (χ1n) is 19.0. The number of benzene rings is 2. The van der Waals surface area contributed by atoms with Crippen LogP contribution in [0.5, 0.6) is 0 Å². The SMILES string of the molecule is CCCCC(CC)CN(CC(CC)CCCC)c1nc(-c2ccccc2)c(/N=C2/C(CCC)=C(C#N)C(=O)n3nc(Cc4ccccc4)nc32)s1. The summed E-state index contributed by atoms with van der Waals surface area (Å²) >= 11 is 1.60. The van der Waals surface area contributed by atoms with Gasteiger partial charge in [0.05, 0.1) is 0 Å². The summed E-state index contributed by atoms with van der Waals surface area (Å²) in [5.41, 5.74) is 4.06. The fraction of sp³-hybridized carbons (Fsp3) is 0.476. The molecule has 1 aliphatic rings.